The average Bonchev–Trinajstić information content (AvgIpc) is 2.66. The Bertz CT molecular complexity index is 340. The van der Waals surface area contributed by atoms with Gasteiger partial charge in [0, 0.05) is 37.1 Å². The van der Waals surface area contributed by atoms with Gasteiger partial charge in [-0.1, -0.05) is 0 Å². The van der Waals surface area contributed by atoms with E-state index in [4.69, 9.17) is 0 Å². The molecule has 0 bridgehead atoms. The van der Waals surface area contributed by atoms with Crippen LogP contribution in [-0.2, 0) is 0 Å². The van der Waals surface area contributed by atoms with Crippen molar-refractivity contribution in [3.05, 3.63) is 24.3 Å². The summed E-state index contributed by atoms with van der Waals surface area (Å²) in [4.78, 5) is 7.99. The van der Waals surface area contributed by atoms with Gasteiger partial charge in [-0.3, -0.25) is 0 Å². The summed E-state index contributed by atoms with van der Waals surface area (Å²) in [7, 11) is 4.17. The highest BCUT2D eigenvalue weighted by Gasteiger charge is 2.24. The van der Waals surface area contributed by atoms with Crippen molar-refractivity contribution < 1.29 is 4.39 Å². The van der Waals surface area contributed by atoms with Crippen LogP contribution in [0.1, 0.15) is 6.42 Å². The van der Waals surface area contributed by atoms with E-state index in [0.717, 1.165) is 25.2 Å². The molecule has 0 aliphatic carbocycles. The average molecular weight is 209 g/mol. The molecule has 2 rings (SSSR count). The van der Waals surface area contributed by atoms with Gasteiger partial charge >= 0.3 is 0 Å². The van der Waals surface area contributed by atoms with Crippen LogP contribution in [0.5, 0.6) is 0 Å². The zero-order chi connectivity index (χ0) is 10.8. The molecule has 0 spiro atoms. The Hall–Kier alpha value is -1.16. The highest BCUT2D eigenvalue weighted by atomic mass is 19.1. The molecular formula is C11H16FN3. The monoisotopic (exact) mass is 209 g/mol. The van der Waals surface area contributed by atoms with Gasteiger partial charge in [0.1, 0.15) is 0 Å². The molecule has 2 heterocycles. The molecule has 3 nitrogen and oxygen atoms in total. The van der Waals surface area contributed by atoms with E-state index < -0.39 is 5.95 Å². The number of nitrogens with zero attached hydrogens (tertiary/aromatic N) is 3. The zero-order valence-electron chi connectivity index (χ0n) is 9.15. The maximum absolute atomic E-state index is 12.9. The van der Waals surface area contributed by atoms with Gasteiger partial charge in [0.25, 0.3) is 0 Å². The van der Waals surface area contributed by atoms with Crippen molar-refractivity contribution in [2.24, 2.45) is 0 Å². The van der Waals surface area contributed by atoms with E-state index in [2.05, 4.69) is 28.9 Å². The van der Waals surface area contributed by atoms with Crippen molar-refractivity contribution in [2.45, 2.75) is 12.5 Å². The third-order valence-electron chi connectivity index (χ3n) is 2.97. The van der Waals surface area contributed by atoms with E-state index in [1.807, 2.05) is 6.07 Å². The largest absolute Gasteiger partial charge is 0.370 e. The molecule has 1 aliphatic rings. The molecule has 0 saturated carbocycles. The Kier molecular flexibility index (Phi) is 2.86. The topological polar surface area (TPSA) is 19.4 Å². The summed E-state index contributed by atoms with van der Waals surface area (Å²) in [6, 6.07) is 3.93. The maximum Gasteiger partial charge on any atom is 0.214 e. The van der Waals surface area contributed by atoms with Crippen molar-refractivity contribution >= 4 is 5.69 Å². The fraction of sp³-hybridized carbons (Fsp3) is 0.545. The van der Waals surface area contributed by atoms with Crippen LogP contribution >= 0.6 is 0 Å². The normalized spacial score (nSPS) is 21.3. The number of aromatic nitrogens is 1. The molecule has 1 aromatic rings. The fourth-order valence-corrected chi connectivity index (χ4v) is 1.99. The molecule has 1 fully saturated rings. The fourth-order valence-electron chi connectivity index (χ4n) is 1.99. The van der Waals surface area contributed by atoms with E-state index in [0.29, 0.717) is 6.04 Å². The molecule has 0 amide bonds. The number of rotatable bonds is 2. The number of halogens is 1. The van der Waals surface area contributed by atoms with Crippen LogP contribution in [0.3, 0.4) is 0 Å². The first kappa shape index (κ1) is 10.4. The summed E-state index contributed by atoms with van der Waals surface area (Å²) in [6.07, 6.45) is 2.66. The lowest BCUT2D eigenvalue weighted by Gasteiger charge is -2.21. The van der Waals surface area contributed by atoms with Crippen LogP contribution in [-0.4, -0.2) is 43.1 Å². The van der Waals surface area contributed by atoms with Gasteiger partial charge in [-0.15, -0.1) is 0 Å². The predicted octanol–water partition coefficient (Wildman–Crippen LogP) is 1.36. The minimum atomic E-state index is -0.402. The van der Waals surface area contributed by atoms with Crippen molar-refractivity contribution in [1.29, 1.82) is 0 Å². The smallest absolute Gasteiger partial charge is 0.214 e. The molecule has 0 N–H and O–H groups in total. The second kappa shape index (κ2) is 4.14. The van der Waals surface area contributed by atoms with Gasteiger partial charge < -0.3 is 9.80 Å². The molecule has 1 aromatic heterocycles. The molecule has 1 unspecified atom stereocenters. The molecule has 4 heteroatoms. The molecule has 1 aliphatic heterocycles. The van der Waals surface area contributed by atoms with Crippen molar-refractivity contribution in [2.75, 3.05) is 32.1 Å². The van der Waals surface area contributed by atoms with Gasteiger partial charge in [-0.05, 0) is 26.6 Å². The Morgan fingerprint density at radius 3 is 2.93 bits per heavy atom. The summed E-state index contributed by atoms with van der Waals surface area (Å²) in [5.74, 6) is -0.402. The summed E-state index contributed by atoms with van der Waals surface area (Å²) in [6.45, 7) is 1.96. The maximum atomic E-state index is 12.9. The number of hydrogen-bond acceptors (Lipinski definition) is 3. The van der Waals surface area contributed by atoms with Gasteiger partial charge in [0.15, 0.2) is 0 Å². The highest BCUT2D eigenvalue weighted by molar-refractivity contribution is 5.46. The van der Waals surface area contributed by atoms with E-state index in [1.165, 1.54) is 12.3 Å². The van der Waals surface area contributed by atoms with E-state index >= 15 is 0 Å². The van der Waals surface area contributed by atoms with E-state index in [1.54, 1.807) is 0 Å². The van der Waals surface area contributed by atoms with Crippen LogP contribution in [0.15, 0.2) is 18.3 Å². The minimum Gasteiger partial charge on any atom is -0.370 e. The molecule has 15 heavy (non-hydrogen) atoms. The predicted molar refractivity (Wildman–Crippen MR) is 58.5 cm³/mol. The second-order valence-electron chi connectivity index (χ2n) is 4.19. The number of anilines is 1. The molecule has 1 saturated heterocycles. The first-order valence-corrected chi connectivity index (χ1v) is 5.20. The summed E-state index contributed by atoms with van der Waals surface area (Å²) in [5, 5.41) is 0. The van der Waals surface area contributed by atoms with Crippen LogP contribution < -0.4 is 4.90 Å². The first-order valence-electron chi connectivity index (χ1n) is 5.20. The molecule has 0 radical (unpaired) electrons. The van der Waals surface area contributed by atoms with Crippen LogP contribution in [0, 0.1) is 5.95 Å². The molecule has 0 aromatic carbocycles. The Morgan fingerprint density at radius 1 is 1.53 bits per heavy atom. The van der Waals surface area contributed by atoms with E-state index in [9.17, 15) is 4.39 Å². The standard InChI is InChI=1S/C11H16FN3/c1-14(2)10-4-6-15(8-10)9-3-5-13-11(12)7-9/h3,5,7,10H,4,6,8H2,1-2H3. The van der Waals surface area contributed by atoms with Crippen molar-refractivity contribution in [3.63, 3.8) is 0 Å². The lowest BCUT2D eigenvalue weighted by molar-refractivity contribution is 0.315. The quantitative estimate of drug-likeness (QED) is 0.686. The lowest BCUT2D eigenvalue weighted by Crippen LogP contribution is -2.31. The number of hydrogen-bond donors (Lipinski definition) is 0. The van der Waals surface area contributed by atoms with Gasteiger partial charge in [0.2, 0.25) is 5.95 Å². The second-order valence-corrected chi connectivity index (χ2v) is 4.19. The molecule has 1 atom stereocenters. The Balaban J connectivity index is 2.08. The third kappa shape index (κ3) is 2.26. The lowest BCUT2D eigenvalue weighted by atomic mass is 10.2. The van der Waals surface area contributed by atoms with Gasteiger partial charge in [-0.25, -0.2) is 4.98 Å². The molecule has 82 valence electrons. The third-order valence-corrected chi connectivity index (χ3v) is 2.97. The summed E-state index contributed by atoms with van der Waals surface area (Å²) in [5.41, 5.74) is 0.937. The van der Waals surface area contributed by atoms with Crippen LogP contribution in [0.4, 0.5) is 10.1 Å². The molecular weight excluding hydrogens is 193 g/mol. The number of pyridine rings is 1. The Labute approximate surface area is 89.5 Å². The highest BCUT2D eigenvalue weighted by Crippen LogP contribution is 2.21. The zero-order valence-corrected chi connectivity index (χ0v) is 9.15. The van der Waals surface area contributed by atoms with E-state index in [-0.39, 0.29) is 0 Å². The summed E-state index contributed by atoms with van der Waals surface area (Å²) < 4.78 is 12.9. The van der Waals surface area contributed by atoms with Crippen LogP contribution in [0.25, 0.3) is 0 Å². The first-order chi connectivity index (χ1) is 7.16. The summed E-state index contributed by atoms with van der Waals surface area (Å²) >= 11 is 0. The van der Waals surface area contributed by atoms with Gasteiger partial charge in [0.05, 0.1) is 0 Å². The van der Waals surface area contributed by atoms with Crippen LogP contribution in [0.2, 0.25) is 0 Å². The van der Waals surface area contributed by atoms with Crippen molar-refractivity contribution in [1.82, 2.24) is 9.88 Å². The Morgan fingerprint density at radius 2 is 2.33 bits per heavy atom. The SMILES string of the molecule is CN(C)C1CCN(c2ccnc(F)c2)C1. The van der Waals surface area contributed by atoms with Crippen molar-refractivity contribution in [3.8, 4) is 0 Å². The minimum absolute atomic E-state index is 0.402. The van der Waals surface area contributed by atoms with Gasteiger partial charge in [-0.2, -0.15) is 4.39 Å². The number of likely N-dealkylation sites (N-methyl/N-ethyl adjacent to an activating group) is 1.